The molecule has 2 aliphatic rings. The van der Waals surface area contributed by atoms with E-state index in [-0.39, 0.29) is 30.9 Å². The minimum absolute atomic E-state index is 0.0558. The Balaban J connectivity index is 1.38. The molecule has 0 bridgehead atoms. The van der Waals surface area contributed by atoms with Crippen molar-refractivity contribution >= 4 is 18.0 Å². The maximum atomic E-state index is 12.9. The number of carbonyl (C=O) groups is 3. The average molecular weight is 437 g/mol. The minimum atomic E-state index is -0.898. The molecule has 1 aliphatic carbocycles. The number of alkyl carbamates (subject to hydrolysis) is 1. The first-order chi connectivity index (χ1) is 15.4. The Hall–Kier alpha value is -3.35. The van der Waals surface area contributed by atoms with Crippen LogP contribution >= 0.6 is 0 Å². The molecule has 1 heterocycles. The molecule has 1 fully saturated rings. The van der Waals surface area contributed by atoms with E-state index >= 15 is 0 Å². The Labute approximate surface area is 187 Å². The summed E-state index contributed by atoms with van der Waals surface area (Å²) in [7, 11) is 0. The van der Waals surface area contributed by atoms with Crippen molar-refractivity contribution < 1.29 is 24.2 Å². The standard InChI is InChI=1S/C25H28N2O5/c1-3-22(23(28)27-12-15(2)20(13-27)24(29)30)26-25(31)32-14-21-18-10-6-4-8-16(18)17-9-5-7-11-19(17)21/h4-11,15,20-22H,3,12-14H2,1-2H3,(H,26,31)(H,29,30)/t15-,20-,22+/m0/s1. The molecule has 7 nitrogen and oxygen atoms in total. The number of carbonyl (C=O) groups excluding carboxylic acids is 2. The Morgan fingerprint density at radius 2 is 1.66 bits per heavy atom. The number of carboxylic acid groups (broad SMARTS) is 1. The molecule has 0 spiro atoms. The average Bonchev–Trinajstić information content (AvgIpc) is 3.34. The zero-order valence-corrected chi connectivity index (χ0v) is 18.3. The Morgan fingerprint density at radius 1 is 1.06 bits per heavy atom. The highest BCUT2D eigenvalue weighted by Gasteiger charge is 2.39. The smallest absolute Gasteiger partial charge is 0.407 e. The summed E-state index contributed by atoms with van der Waals surface area (Å²) in [6.07, 6.45) is -0.250. The predicted molar refractivity (Wildman–Crippen MR) is 119 cm³/mol. The van der Waals surface area contributed by atoms with Gasteiger partial charge in [-0.2, -0.15) is 0 Å². The molecule has 7 heteroatoms. The number of rotatable bonds is 6. The lowest BCUT2D eigenvalue weighted by molar-refractivity contribution is -0.142. The van der Waals surface area contributed by atoms with E-state index in [0.29, 0.717) is 13.0 Å². The van der Waals surface area contributed by atoms with Crippen LogP contribution in [0.2, 0.25) is 0 Å². The number of nitrogens with one attached hydrogen (secondary N) is 1. The highest BCUT2D eigenvalue weighted by Crippen LogP contribution is 2.44. The van der Waals surface area contributed by atoms with Crippen LogP contribution in [0.25, 0.3) is 11.1 Å². The summed E-state index contributed by atoms with van der Waals surface area (Å²) in [5, 5.41) is 12.0. The van der Waals surface area contributed by atoms with Gasteiger partial charge in [0, 0.05) is 19.0 Å². The highest BCUT2D eigenvalue weighted by atomic mass is 16.5. The van der Waals surface area contributed by atoms with Crippen molar-refractivity contribution in [2.75, 3.05) is 19.7 Å². The van der Waals surface area contributed by atoms with Gasteiger partial charge in [0.25, 0.3) is 0 Å². The van der Waals surface area contributed by atoms with Crippen LogP contribution < -0.4 is 5.32 Å². The van der Waals surface area contributed by atoms with Crippen molar-refractivity contribution in [3.8, 4) is 11.1 Å². The molecule has 2 aromatic rings. The molecule has 168 valence electrons. The number of hydrogen-bond donors (Lipinski definition) is 2. The SMILES string of the molecule is CC[C@@H](NC(=O)OCC1c2ccccc2-c2ccccc21)C(=O)N1C[C@H](C(=O)O)[C@@H](C)C1. The third-order valence-electron chi connectivity index (χ3n) is 6.58. The fourth-order valence-electron chi connectivity index (χ4n) is 4.81. The maximum absolute atomic E-state index is 12.9. The highest BCUT2D eigenvalue weighted by molar-refractivity contribution is 5.87. The molecule has 4 rings (SSSR count). The molecule has 0 aromatic heterocycles. The van der Waals surface area contributed by atoms with Gasteiger partial charge in [0.2, 0.25) is 5.91 Å². The number of aliphatic carboxylic acids is 1. The number of benzene rings is 2. The molecule has 3 atom stereocenters. The molecule has 1 saturated heterocycles. The number of likely N-dealkylation sites (tertiary alicyclic amines) is 1. The second-order valence-corrected chi connectivity index (χ2v) is 8.60. The molecule has 0 unspecified atom stereocenters. The summed E-state index contributed by atoms with van der Waals surface area (Å²) >= 11 is 0. The van der Waals surface area contributed by atoms with E-state index in [4.69, 9.17) is 4.74 Å². The van der Waals surface area contributed by atoms with Crippen LogP contribution in [0.3, 0.4) is 0 Å². The van der Waals surface area contributed by atoms with E-state index in [1.165, 1.54) is 4.90 Å². The van der Waals surface area contributed by atoms with Crippen molar-refractivity contribution in [2.45, 2.75) is 32.2 Å². The van der Waals surface area contributed by atoms with Gasteiger partial charge in [0.15, 0.2) is 0 Å². The molecule has 2 N–H and O–H groups in total. The van der Waals surface area contributed by atoms with Gasteiger partial charge in [0.05, 0.1) is 5.92 Å². The summed E-state index contributed by atoms with van der Waals surface area (Å²) in [6.45, 7) is 4.34. The van der Waals surface area contributed by atoms with Crippen molar-refractivity contribution in [1.82, 2.24) is 10.2 Å². The zero-order valence-electron chi connectivity index (χ0n) is 18.3. The van der Waals surface area contributed by atoms with Crippen molar-refractivity contribution in [3.05, 3.63) is 59.7 Å². The Bertz CT molecular complexity index is 991. The molecule has 0 saturated carbocycles. The lowest BCUT2D eigenvalue weighted by atomic mass is 9.98. The van der Waals surface area contributed by atoms with Crippen LogP contribution in [0.1, 0.15) is 37.3 Å². The molecule has 1 aliphatic heterocycles. The van der Waals surface area contributed by atoms with Crippen LogP contribution in [0.4, 0.5) is 4.79 Å². The van der Waals surface area contributed by atoms with Crippen LogP contribution in [-0.2, 0) is 14.3 Å². The lowest BCUT2D eigenvalue weighted by Crippen LogP contribution is -2.48. The molecule has 0 radical (unpaired) electrons. The lowest BCUT2D eigenvalue weighted by Gasteiger charge is -2.23. The summed E-state index contributed by atoms with van der Waals surface area (Å²) in [4.78, 5) is 38.3. The number of hydrogen-bond acceptors (Lipinski definition) is 4. The van der Waals surface area contributed by atoms with E-state index in [9.17, 15) is 19.5 Å². The van der Waals surface area contributed by atoms with Crippen molar-refractivity contribution in [1.29, 1.82) is 0 Å². The number of carboxylic acids is 1. The van der Waals surface area contributed by atoms with E-state index in [1.807, 2.05) is 43.3 Å². The molecular formula is C25H28N2O5. The number of nitrogens with zero attached hydrogens (tertiary/aromatic N) is 1. The van der Waals surface area contributed by atoms with Gasteiger partial charge in [-0.05, 0) is 34.6 Å². The van der Waals surface area contributed by atoms with Crippen LogP contribution in [-0.4, -0.2) is 53.7 Å². The van der Waals surface area contributed by atoms with Gasteiger partial charge >= 0.3 is 12.1 Å². The summed E-state index contributed by atoms with van der Waals surface area (Å²) in [5.74, 6) is -1.92. The van der Waals surface area contributed by atoms with E-state index in [0.717, 1.165) is 22.3 Å². The zero-order chi connectivity index (χ0) is 22.8. The van der Waals surface area contributed by atoms with E-state index < -0.39 is 24.0 Å². The minimum Gasteiger partial charge on any atom is -0.481 e. The summed E-state index contributed by atoms with van der Waals surface area (Å²) in [6, 6.07) is 15.4. The topological polar surface area (TPSA) is 95.9 Å². The fourth-order valence-corrected chi connectivity index (χ4v) is 4.81. The molecule has 2 amide bonds. The second kappa shape index (κ2) is 9.02. The van der Waals surface area contributed by atoms with Crippen LogP contribution in [0.15, 0.2) is 48.5 Å². The number of fused-ring (bicyclic) bond motifs is 3. The van der Waals surface area contributed by atoms with E-state index in [2.05, 4.69) is 17.4 Å². The van der Waals surface area contributed by atoms with Gasteiger partial charge in [-0.3, -0.25) is 9.59 Å². The van der Waals surface area contributed by atoms with Gasteiger partial charge < -0.3 is 20.1 Å². The fraction of sp³-hybridized carbons (Fsp3) is 0.400. The first-order valence-corrected chi connectivity index (χ1v) is 11.0. The second-order valence-electron chi connectivity index (χ2n) is 8.60. The normalized spacial score (nSPS) is 20.4. The monoisotopic (exact) mass is 436 g/mol. The van der Waals surface area contributed by atoms with Crippen molar-refractivity contribution in [2.24, 2.45) is 11.8 Å². The number of ether oxygens (including phenoxy) is 1. The quantitative estimate of drug-likeness (QED) is 0.723. The maximum Gasteiger partial charge on any atom is 0.407 e. The molecule has 32 heavy (non-hydrogen) atoms. The van der Waals surface area contributed by atoms with Crippen molar-refractivity contribution in [3.63, 3.8) is 0 Å². The number of amides is 2. The van der Waals surface area contributed by atoms with Crippen LogP contribution in [0, 0.1) is 11.8 Å². The summed E-state index contributed by atoms with van der Waals surface area (Å²) in [5.41, 5.74) is 4.54. The third-order valence-corrected chi connectivity index (χ3v) is 6.58. The molecular weight excluding hydrogens is 408 g/mol. The Kier molecular flexibility index (Phi) is 6.17. The van der Waals surface area contributed by atoms with Gasteiger partial charge in [-0.1, -0.05) is 62.4 Å². The van der Waals surface area contributed by atoms with Gasteiger partial charge in [0.1, 0.15) is 12.6 Å². The molecule has 2 aromatic carbocycles. The first kappa shape index (κ1) is 21.9. The first-order valence-electron chi connectivity index (χ1n) is 11.0. The van der Waals surface area contributed by atoms with Crippen LogP contribution in [0.5, 0.6) is 0 Å². The predicted octanol–water partition coefficient (Wildman–Crippen LogP) is 3.48. The van der Waals surface area contributed by atoms with Gasteiger partial charge in [-0.25, -0.2) is 4.79 Å². The van der Waals surface area contributed by atoms with Gasteiger partial charge in [-0.15, -0.1) is 0 Å². The Morgan fingerprint density at radius 3 is 2.19 bits per heavy atom. The summed E-state index contributed by atoms with van der Waals surface area (Å²) < 4.78 is 5.55. The largest absolute Gasteiger partial charge is 0.481 e. The van der Waals surface area contributed by atoms with E-state index in [1.54, 1.807) is 6.92 Å². The third kappa shape index (κ3) is 4.07.